The first kappa shape index (κ1) is 25.8. The molecule has 0 N–H and O–H groups in total. The second-order valence-corrected chi connectivity index (χ2v) is 12.5. The third-order valence-electron chi connectivity index (χ3n) is 8.67. The van der Waals surface area contributed by atoms with Gasteiger partial charge in [-0.15, -0.1) is 11.3 Å². The highest BCUT2D eigenvalue weighted by Crippen LogP contribution is 2.52. The monoisotopic (exact) mass is 593 g/mol. The summed E-state index contributed by atoms with van der Waals surface area (Å²) in [5.74, 6) is 1.68. The van der Waals surface area contributed by atoms with Gasteiger partial charge in [0.1, 0.15) is 0 Å². The SMILES string of the molecule is c1ccc(-c2ccc3c(c2)Oc2cc(-c4ccccc4)ccc2N3c2ccc(-c3ccc4sc5ccccc5c4c3)cc2)cc1. The molecular formula is C42H27NOS. The van der Waals surface area contributed by atoms with Crippen molar-refractivity contribution in [2.45, 2.75) is 0 Å². The lowest BCUT2D eigenvalue weighted by Gasteiger charge is -2.33. The second kappa shape index (κ2) is 10.5. The zero-order valence-corrected chi connectivity index (χ0v) is 25.2. The number of anilines is 3. The number of fused-ring (bicyclic) bond motifs is 5. The van der Waals surface area contributed by atoms with E-state index in [1.165, 1.54) is 42.4 Å². The molecule has 2 nitrogen and oxygen atoms in total. The molecule has 0 radical (unpaired) electrons. The zero-order chi connectivity index (χ0) is 29.7. The highest BCUT2D eigenvalue weighted by Gasteiger charge is 2.27. The molecule has 1 aliphatic heterocycles. The van der Waals surface area contributed by atoms with E-state index in [-0.39, 0.29) is 0 Å². The molecule has 0 bridgehead atoms. The molecule has 1 aromatic heterocycles. The molecule has 0 saturated carbocycles. The number of hydrogen-bond acceptors (Lipinski definition) is 3. The Kier molecular flexibility index (Phi) is 6.03. The molecule has 0 amide bonds. The molecule has 1 aliphatic rings. The van der Waals surface area contributed by atoms with Crippen molar-refractivity contribution < 1.29 is 4.74 Å². The minimum Gasteiger partial charge on any atom is -0.453 e. The van der Waals surface area contributed by atoms with E-state index in [1.54, 1.807) is 0 Å². The molecule has 0 saturated heterocycles. The Balaban J connectivity index is 1.14. The number of hydrogen-bond donors (Lipinski definition) is 0. The van der Waals surface area contributed by atoms with Crippen LogP contribution >= 0.6 is 11.3 Å². The van der Waals surface area contributed by atoms with Crippen LogP contribution in [-0.2, 0) is 0 Å². The molecule has 0 atom stereocenters. The van der Waals surface area contributed by atoms with Gasteiger partial charge in [-0.2, -0.15) is 0 Å². The lowest BCUT2D eigenvalue weighted by atomic mass is 10.00. The van der Waals surface area contributed by atoms with E-state index in [4.69, 9.17) is 4.74 Å². The fourth-order valence-corrected chi connectivity index (χ4v) is 7.50. The zero-order valence-electron chi connectivity index (χ0n) is 24.4. The van der Waals surface area contributed by atoms with Crippen LogP contribution in [0.25, 0.3) is 53.6 Å². The normalized spacial score (nSPS) is 12.1. The highest BCUT2D eigenvalue weighted by molar-refractivity contribution is 7.25. The van der Waals surface area contributed by atoms with Crippen molar-refractivity contribution in [3.05, 3.63) is 164 Å². The number of ether oxygens (including phenoxy) is 1. The molecule has 0 spiro atoms. The second-order valence-electron chi connectivity index (χ2n) is 11.4. The first-order valence-electron chi connectivity index (χ1n) is 15.2. The first-order valence-corrected chi connectivity index (χ1v) is 16.0. The summed E-state index contributed by atoms with van der Waals surface area (Å²) in [4.78, 5) is 2.32. The van der Waals surface area contributed by atoms with Crippen molar-refractivity contribution in [2.75, 3.05) is 4.90 Å². The summed E-state index contributed by atoms with van der Waals surface area (Å²) < 4.78 is 9.33. The molecule has 2 heterocycles. The van der Waals surface area contributed by atoms with Crippen LogP contribution in [0.5, 0.6) is 11.5 Å². The van der Waals surface area contributed by atoms with Crippen molar-refractivity contribution in [1.29, 1.82) is 0 Å². The van der Waals surface area contributed by atoms with Crippen molar-refractivity contribution in [1.82, 2.24) is 0 Å². The number of nitrogens with zero attached hydrogens (tertiary/aromatic N) is 1. The number of rotatable bonds is 4. The van der Waals surface area contributed by atoms with Gasteiger partial charge in [0.2, 0.25) is 0 Å². The fraction of sp³-hybridized carbons (Fsp3) is 0. The van der Waals surface area contributed by atoms with Crippen molar-refractivity contribution in [3.63, 3.8) is 0 Å². The molecule has 0 fully saturated rings. The lowest BCUT2D eigenvalue weighted by Crippen LogP contribution is -2.16. The molecule has 0 aliphatic carbocycles. The van der Waals surface area contributed by atoms with Gasteiger partial charge in [-0.1, -0.05) is 109 Å². The average molecular weight is 594 g/mol. The molecule has 45 heavy (non-hydrogen) atoms. The van der Waals surface area contributed by atoms with Gasteiger partial charge in [0.05, 0.1) is 11.4 Å². The summed E-state index contributed by atoms with van der Waals surface area (Å²) in [7, 11) is 0. The Labute approximate surface area is 266 Å². The van der Waals surface area contributed by atoms with Gasteiger partial charge in [0.15, 0.2) is 11.5 Å². The minimum absolute atomic E-state index is 0.841. The molecule has 0 unspecified atom stereocenters. The largest absolute Gasteiger partial charge is 0.453 e. The van der Waals surface area contributed by atoms with E-state index < -0.39 is 0 Å². The van der Waals surface area contributed by atoms with E-state index >= 15 is 0 Å². The van der Waals surface area contributed by atoms with E-state index in [0.717, 1.165) is 39.7 Å². The highest BCUT2D eigenvalue weighted by atomic mass is 32.1. The van der Waals surface area contributed by atoms with Crippen molar-refractivity contribution in [3.8, 4) is 44.9 Å². The van der Waals surface area contributed by atoms with Crippen LogP contribution in [-0.4, -0.2) is 0 Å². The number of benzene rings is 7. The number of thiophene rings is 1. The Hall–Kier alpha value is -5.64. The molecule has 8 aromatic rings. The standard InChI is InChI=1S/C42H27NOS/c1-3-9-28(10-4-1)32-17-22-37-39(26-32)44-40-27-33(29-11-5-2-6-12-29)18-23-38(40)43(37)34-20-15-30(16-21-34)31-19-24-42-36(25-31)35-13-7-8-14-41(35)45-42/h1-27H. The van der Waals surface area contributed by atoms with Crippen molar-refractivity contribution >= 4 is 48.6 Å². The predicted molar refractivity (Wildman–Crippen MR) is 190 cm³/mol. The summed E-state index contributed by atoms with van der Waals surface area (Å²) in [5.41, 5.74) is 10.1. The topological polar surface area (TPSA) is 12.5 Å². The first-order chi connectivity index (χ1) is 22.3. The maximum atomic E-state index is 6.67. The smallest absolute Gasteiger partial charge is 0.152 e. The minimum atomic E-state index is 0.841. The van der Waals surface area contributed by atoms with Crippen LogP contribution in [0.2, 0.25) is 0 Å². The maximum Gasteiger partial charge on any atom is 0.152 e. The predicted octanol–water partition coefficient (Wildman–Crippen LogP) is 12.6. The summed E-state index contributed by atoms with van der Waals surface area (Å²) in [5, 5.41) is 2.64. The summed E-state index contributed by atoms with van der Waals surface area (Å²) in [6, 6.07) is 58.4. The van der Waals surface area contributed by atoms with Gasteiger partial charge >= 0.3 is 0 Å². The third kappa shape index (κ3) is 4.48. The molecule has 9 rings (SSSR count). The van der Waals surface area contributed by atoms with Crippen LogP contribution < -0.4 is 9.64 Å². The molecule has 3 heteroatoms. The summed E-state index contributed by atoms with van der Waals surface area (Å²) >= 11 is 1.85. The van der Waals surface area contributed by atoms with Crippen molar-refractivity contribution in [2.24, 2.45) is 0 Å². The summed E-state index contributed by atoms with van der Waals surface area (Å²) in [6.07, 6.45) is 0. The van der Waals surface area contributed by atoms with Gasteiger partial charge in [-0.05, 0) is 88.0 Å². The molecule has 212 valence electrons. The average Bonchev–Trinajstić information content (AvgIpc) is 3.49. The van der Waals surface area contributed by atoms with E-state index in [1.807, 2.05) is 23.5 Å². The van der Waals surface area contributed by atoms with Gasteiger partial charge < -0.3 is 9.64 Å². The van der Waals surface area contributed by atoms with Gasteiger partial charge in [-0.25, -0.2) is 0 Å². The Morgan fingerprint density at radius 2 is 0.867 bits per heavy atom. The maximum absolute atomic E-state index is 6.67. The Morgan fingerprint density at radius 3 is 1.51 bits per heavy atom. The van der Waals surface area contributed by atoms with Crippen LogP contribution in [0.15, 0.2) is 164 Å². The summed E-state index contributed by atoms with van der Waals surface area (Å²) in [6.45, 7) is 0. The van der Waals surface area contributed by atoms with Crippen LogP contribution in [0.3, 0.4) is 0 Å². The van der Waals surface area contributed by atoms with Crippen LogP contribution in [0.4, 0.5) is 17.1 Å². The van der Waals surface area contributed by atoms with E-state index in [9.17, 15) is 0 Å². The third-order valence-corrected chi connectivity index (χ3v) is 9.82. The van der Waals surface area contributed by atoms with Gasteiger partial charge in [0, 0.05) is 25.9 Å². The quantitative estimate of drug-likeness (QED) is 0.201. The van der Waals surface area contributed by atoms with Gasteiger partial charge in [0.25, 0.3) is 0 Å². The van der Waals surface area contributed by atoms with E-state index in [0.29, 0.717) is 0 Å². The Morgan fingerprint density at radius 1 is 0.378 bits per heavy atom. The van der Waals surface area contributed by atoms with E-state index in [2.05, 4.69) is 157 Å². The van der Waals surface area contributed by atoms with Crippen LogP contribution in [0, 0.1) is 0 Å². The molecule has 7 aromatic carbocycles. The fourth-order valence-electron chi connectivity index (χ4n) is 6.42. The van der Waals surface area contributed by atoms with Gasteiger partial charge in [-0.3, -0.25) is 0 Å². The van der Waals surface area contributed by atoms with Crippen LogP contribution in [0.1, 0.15) is 0 Å². The Bertz CT molecular complexity index is 2250. The lowest BCUT2D eigenvalue weighted by molar-refractivity contribution is 0.477. The molecular weight excluding hydrogens is 567 g/mol.